The second kappa shape index (κ2) is 13.4. The number of anilines is 3. The SMILES string of the molecule is O=C(Nc1ccc(OC(F)(F)F)cc1)Nc1cccnc1Oc1cccc2c1CCN(Cc1ccccc1N1CCOCC1)C2. The predicted molar refractivity (Wildman–Crippen MR) is 164 cm³/mol. The summed E-state index contributed by atoms with van der Waals surface area (Å²) in [5.74, 6) is 0.503. The number of ether oxygens (including phenoxy) is 3. The number of pyridine rings is 1. The number of morpholine rings is 1. The van der Waals surface area contributed by atoms with Gasteiger partial charge < -0.3 is 29.7 Å². The Labute approximate surface area is 258 Å². The van der Waals surface area contributed by atoms with Crippen molar-refractivity contribution in [3.8, 4) is 17.4 Å². The number of alkyl halides is 3. The van der Waals surface area contributed by atoms with Crippen molar-refractivity contribution in [2.75, 3.05) is 48.4 Å². The Hall–Kier alpha value is -4.81. The number of carbonyl (C=O) groups is 1. The average molecular weight is 620 g/mol. The molecule has 9 nitrogen and oxygen atoms in total. The van der Waals surface area contributed by atoms with Crippen LogP contribution in [0, 0.1) is 0 Å². The number of amides is 2. The topological polar surface area (TPSA) is 88.2 Å². The van der Waals surface area contributed by atoms with Crippen LogP contribution in [0.15, 0.2) is 85.1 Å². The molecule has 3 aromatic carbocycles. The summed E-state index contributed by atoms with van der Waals surface area (Å²) < 4.78 is 52.9. The molecule has 0 unspecified atom stereocenters. The minimum absolute atomic E-state index is 0.219. The zero-order valence-electron chi connectivity index (χ0n) is 24.3. The molecule has 4 aromatic rings. The molecule has 0 bridgehead atoms. The fraction of sp³-hybridized carbons (Fsp3) is 0.273. The fourth-order valence-electron chi connectivity index (χ4n) is 5.56. The van der Waals surface area contributed by atoms with Crippen LogP contribution in [0.25, 0.3) is 0 Å². The second-order valence-corrected chi connectivity index (χ2v) is 10.7. The van der Waals surface area contributed by atoms with Gasteiger partial charge in [-0.1, -0.05) is 30.3 Å². The van der Waals surface area contributed by atoms with Crippen molar-refractivity contribution in [3.63, 3.8) is 0 Å². The van der Waals surface area contributed by atoms with E-state index in [2.05, 4.69) is 60.5 Å². The maximum Gasteiger partial charge on any atom is 0.573 e. The molecular weight excluding hydrogens is 587 g/mol. The first-order valence-electron chi connectivity index (χ1n) is 14.6. The van der Waals surface area contributed by atoms with Crippen LogP contribution in [-0.4, -0.2) is 55.1 Å². The number of para-hydroxylation sites is 1. The quantitative estimate of drug-likeness (QED) is 0.224. The highest BCUT2D eigenvalue weighted by Gasteiger charge is 2.31. The fourth-order valence-corrected chi connectivity index (χ4v) is 5.56. The van der Waals surface area contributed by atoms with Gasteiger partial charge in [-0.15, -0.1) is 13.2 Å². The minimum atomic E-state index is -4.80. The van der Waals surface area contributed by atoms with Crippen LogP contribution in [0.1, 0.15) is 16.7 Å². The molecule has 0 saturated carbocycles. The molecular formula is C33H32F3N5O4. The van der Waals surface area contributed by atoms with Crippen molar-refractivity contribution in [3.05, 3.63) is 102 Å². The summed E-state index contributed by atoms with van der Waals surface area (Å²) >= 11 is 0. The van der Waals surface area contributed by atoms with Crippen molar-refractivity contribution >= 4 is 23.1 Å². The van der Waals surface area contributed by atoms with Crippen molar-refractivity contribution in [1.82, 2.24) is 9.88 Å². The number of nitrogens with one attached hydrogen (secondary N) is 2. The van der Waals surface area contributed by atoms with E-state index in [9.17, 15) is 18.0 Å². The average Bonchev–Trinajstić information content (AvgIpc) is 3.03. The normalized spacial score (nSPS) is 15.2. The van der Waals surface area contributed by atoms with E-state index in [1.54, 1.807) is 18.3 Å². The predicted octanol–water partition coefficient (Wildman–Crippen LogP) is 6.81. The molecule has 1 aromatic heterocycles. The third-order valence-corrected chi connectivity index (χ3v) is 7.61. The zero-order valence-corrected chi connectivity index (χ0v) is 24.3. The van der Waals surface area contributed by atoms with Gasteiger partial charge in [0.25, 0.3) is 0 Å². The van der Waals surface area contributed by atoms with E-state index in [0.717, 1.165) is 70.1 Å². The highest BCUT2D eigenvalue weighted by atomic mass is 19.4. The number of aromatic nitrogens is 1. The van der Waals surface area contributed by atoms with Gasteiger partial charge in [0.15, 0.2) is 0 Å². The smallest absolute Gasteiger partial charge is 0.437 e. The summed E-state index contributed by atoms with van der Waals surface area (Å²) in [5.41, 5.74) is 5.43. The molecule has 45 heavy (non-hydrogen) atoms. The molecule has 0 radical (unpaired) electrons. The summed E-state index contributed by atoms with van der Waals surface area (Å²) in [4.78, 5) is 21.9. The van der Waals surface area contributed by atoms with Gasteiger partial charge in [-0.05, 0) is 66.1 Å². The Balaban J connectivity index is 1.11. The lowest BCUT2D eigenvalue weighted by Crippen LogP contribution is -2.37. The second-order valence-electron chi connectivity index (χ2n) is 10.7. The van der Waals surface area contributed by atoms with E-state index in [0.29, 0.717) is 11.4 Å². The molecule has 1 fully saturated rings. The Kier molecular flexibility index (Phi) is 9.03. The molecule has 1 saturated heterocycles. The van der Waals surface area contributed by atoms with Crippen molar-refractivity contribution in [2.45, 2.75) is 25.9 Å². The molecule has 0 aliphatic carbocycles. The highest BCUT2D eigenvalue weighted by Crippen LogP contribution is 2.35. The Morgan fingerprint density at radius 2 is 1.71 bits per heavy atom. The summed E-state index contributed by atoms with van der Waals surface area (Å²) in [6.45, 7) is 5.72. The lowest BCUT2D eigenvalue weighted by Gasteiger charge is -2.33. The number of fused-ring (bicyclic) bond motifs is 1. The standard InChI is InChI=1S/C33H32F3N5O4/c34-33(35,36)45-26-12-10-25(11-13-26)38-32(42)39-28-7-4-15-37-31(28)44-30-9-3-6-23-21-40(16-14-27(23)30)22-24-5-1-2-8-29(24)41-17-19-43-20-18-41/h1-13,15H,14,16-22H2,(H2,38,39,42). The van der Waals surface area contributed by atoms with Gasteiger partial charge >= 0.3 is 12.4 Å². The Morgan fingerprint density at radius 1 is 0.911 bits per heavy atom. The summed E-state index contributed by atoms with van der Waals surface area (Å²) in [5, 5.41) is 5.30. The number of hydrogen-bond donors (Lipinski definition) is 2. The Morgan fingerprint density at radius 3 is 2.51 bits per heavy atom. The summed E-state index contributed by atoms with van der Waals surface area (Å²) in [7, 11) is 0. The first kappa shape index (κ1) is 30.2. The van der Waals surface area contributed by atoms with E-state index < -0.39 is 12.4 Å². The molecule has 2 aliphatic rings. The molecule has 2 amide bonds. The number of carbonyl (C=O) groups excluding carboxylic acids is 1. The molecule has 0 spiro atoms. The number of urea groups is 1. The van der Waals surface area contributed by atoms with Crippen LogP contribution >= 0.6 is 0 Å². The number of nitrogens with zero attached hydrogens (tertiary/aromatic N) is 3. The third kappa shape index (κ3) is 7.83. The zero-order chi connectivity index (χ0) is 31.2. The molecule has 2 aliphatic heterocycles. The first-order valence-corrected chi connectivity index (χ1v) is 14.6. The number of hydrogen-bond acceptors (Lipinski definition) is 7. The number of rotatable bonds is 8. The van der Waals surface area contributed by atoms with Crippen LogP contribution in [-0.2, 0) is 24.2 Å². The number of halogens is 3. The van der Waals surface area contributed by atoms with Crippen LogP contribution in [0.2, 0.25) is 0 Å². The van der Waals surface area contributed by atoms with Gasteiger partial charge in [-0.2, -0.15) is 0 Å². The van der Waals surface area contributed by atoms with E-state index in [1.165, 1.54) is 28.9 Å². The molecule has 234 valence electrons. The molecule has 12 heteroatoms. The van der Waals surface area contributed by atoms with Crippen molar-refractivity contribution in [1.29, 1.82) is 0 Å². The molecule has 0 atom stereocenters. The van der Waals surface area contributed by atoms with Gasteiger partial charge in [0.2, 0.25) is 5.88 Å². The largest absolute Gasteiger partial charge is 0.573 e. The monoisotopic (exact) mass is 619 g/mol. The maximum absolute atomic E-state index is 12.7. The van der Waals surface area contributed by atoms with Crippen LogP contribution < -0.4 is 25.0 Å². The first-order chi connectivity index (χ1) is 21.8. The summed E-state index contributed by atoms with van der Waals surface area (Å²) in [6.07, 6.45) is -2.44. The van der Waals surface area contributed by atoms with E-state index in [-0.39, 0.29) is 17.3 Å². The van der Waals surface area contributed by atoms with Gasteiger partial charge in [0.05, 0.1) is 13.2 Å². The van der Waals surface area contributed by atoms with Gasteiger partial charge in [0, 0.05) is 55.9 Å². The summed E-state index contributed by atoms with van der Waals surface area (Å²) in [6, 6.07) is 22.1. The third-order valence-electron chi connectivity index (χ3n) is 7.61. The van der Waals surface area contributed by atoms with E-state index in [4.69, 9.17) is 9.47 Å². The highest BCUT2D eigenvalue weighted by molar-refractivity contribution is 6.00. The Bertz CT molecular complexity index is 1630. The van der Waals surface area contributed by atoms with Crippen molar-refractivity contribution < 1.29 is 32.2 Å². The lowest BCUT2D eigenvalue weighted by atomic mass is 9.98. The van der Waals surface area contributed by atoms with Crippen LogP contribution in [0.5, 0.6) is 17.4 Å². The van der Waals surface area contributed by atoms with Crippen LogP contribution in [0.4, 0.5) is 35.0 Å². The minimum Gasteiger partial charge on any atom is -0.437 e. The maximum atomic E-state index is 12.7. The van der Waals surface area contributed by atoms with E-state index >= 15 is 0 Å². The van der Waals surface area contributed by atoms with Gasteiger partial charge in [-0.25, -0.2) is 9.78 Å². The van der Waals surface area contributed by atoms with Gasteiger partial charge in [0.1, 0.15) is 17.2 Å². The number of benzene rings is 3. The van der Waals surface area contributed by atoms with Crippen LogP contribution in [0.3, 0.4) is 0 Å². The molecule has 3 heterocycles. The van der Waals surface area contributed by atoms with Crippen molar-refractivity contribution in [2.24, 2.45) is 0 Å². The molecule has 2 N–H and O–H groups in total. The van der Waals surface area contributed by atoms with E-state index in [1.807, 2.05) is 12.1 Å². The van der Waals surface area contributed by atoms with Gasteiger partial charge in [-0.3, -0.25) is 4.90 Å². The lowest BCUT2D eigenvalue weighted by molar-refractivity contribution is -0.274. The molecule has 6 rings (SSSR count).